The van der Waals surface area contributed by atoms with E-state index in [9.17, 15) is 0 Å². The van der Waals surface area contributed by atoms with E-state index in [2.05, 4.69) is 65.2 Å². The number of fused-ring (bicyclic) bond motifs is 13. The highest BCUT2D eigenvalue weighted by atomic mass is 16.3. The van der Waals surface area contributed by atoms with Gasteiger partial charge in [-0.2, -0.15) is 9.97 Å². The first-order chi connectivity index (χ1) is 25.7. The molecule has 0 aliphatic heterocycles. The van der Waals surface area contributed by atoms with Crippen LogP contribution in [0.2, 0.25) is 0 Å². The third-order valence-corrected chi connectivity index (χ3v) is 10.3. The molecule has 7 heteroatoms. The second kappa shape index (κ2) is 10.2. The maximum atomic E-state index is 6.56. The van der Waals surface area contributed by atoms with Crippen molar-refractivity contribution in [2.45, 2.75) is 0 Å². The number of para-hydroxylation sites is 4. The van der Waals surface area contributed by atoms with Gasteiger partial charge >= 0.3 is 0 Å². The van der Waals surface area contributed by atoms with Crippen molar-refractivity contribution in [3.8, 4) is 28.7 Å². The van der Waals surface area contributed by atoms with Crippen molar-refractivity contribution in [2.24, 2.45) is 0 Å². The average molecular weight is 669 g/mol. The summed E-state index contributed by atoms with van der Waals surface area (Å²) in [4.78, 5) is 15.6. The van der Waals surface area contributed by atoms with Gasteiger partial charge in [0.1, 0.15) is 33.5 Å². The van der Waals surface area contributed by atoms with Crippen LogP contribution in [0.5, 0.6) is 0 Å². The number of nitrogens with zero attached hydrogens (tertiary/aromatic N) is 4. The van der Waals surface area contributed by atoms with E-state index in [4.69, 9.17) is 28.2 Å². The van der Waals surface area contributed by atoms with Gasteiger partial charge in [-0.3, -0.25) is 4.57 Å². The van der Waals surface area contributed by atoms with Crippen molar-refractivity contribution < 1.29 is 13.3 Å². The summed E-state index contributed by atoms with van der Waals surface area (Å²) in [5.74, 6) is 1.62. The average Bonchev–Trinajstić information content (AvgIpc) is 3.95. The van der Waals surface area contributed by atoms with Crippen LogP contribution in [0.3, 0.4) is 0 Å². The summed E-state index contributed by atoms with van der Waals surface area (Å²) in [6, 6.07) is 49.3. The summed E-state index contributed by atoms with van der Waals surface area (Å²) < 4.78 is 21.0. The molecule has 52 heavy (non-hydrogen) atoms. The van der Waals surface area contributed by atoms with Crippen LogP contribution in [-0.2, 0) is 0 Å². The monoisotopic (exact) mass is 668 g/mol. The summed E-state index contributed by atoms with van der Waals surface area (Å²) in [5, 5.41) is 8.34. The van der Waals surface area contributed by atoms with Gasteiger partial charge in [-0.15, -0.1) is 0 Å². The van der Waals surface area contributed by atoms with Gasteiger partial charge in [0.15, 0.2) is 11.6 Å². The highest BCUT2D eigenvalue weighted by Gasteiger charge is 2.22. The molecule has 0 fully saturated rings. The second-order valence-corrected chi connectivity index (χ2v) is 13.2. The van der Waals surface area contributed by atoms with Crippen molar-refractivity contribution in [1.82, 2.24) is 19.5 Å². The van der Waals surface area contributed by atoms with E-state index >= 15 is 0 Å². The first kappa shape index (κ1) is 27.6. The first-order valence-corrected chi connectivity index (χ1v) is 17.2. The Labute approximate surface area is 294 Å². The molecule has 0 amide bonds. The Balaban J connectivity index is 1.16. The third kappa shape index (κ3) is 3.82. The molecule has 12 aromatic rings. The van der Waals surface area contributed by atoms with Crippen molar-refractivity contribution in [1.29, 1.82) is 0 Å². The molecule has 0 saturated heterocycles. The molecule has 0 bridgehead atoms. The lowest BCUT2D eigenvalue weighted by atomic mass is 10.1. The van der Waals surface area contributed by atoms with Gasteiger partial charge in [0.05, 0.1) is 16.4 Å². The highest BCUT2D eigenvalue weighted by Crippen LogP contribution is 2.41. The van der Waals surface area contributed by atoms with Crippen LogP contribution in [-0.4, -0.2) is 19.5 Å². The lowest BCUT2D eigenvalue weighted by Gasteiger charge is -2.11. The number of hydrogen-bond acceptors (Lipinski definition) is 6. The van der Waals surface area contributed by atoms with E-state index in [1.807, 2.05) is 84.9 Å². The molecular weight excluding hydrogens is 645 g/mol. The largest absolute Gasteiger partial charge is 0.456 e. The number of furan rings is 3. The molecule has 0 spiro atoms. The minimum absolute atomic E-state index is 0.510. The second-order valence-electron chi connectivity index (χ2n) is 13.2. The molecule has 12 rings (SSSR count). The smallest absolute Gasteiger partial charge is 0.238 e. The summed E-state index contributed by atoms with van der Waals surface area (Å²) in [6.07, 6.45) is 0. The van der Waals surface area contributed by atoms with E-state index in [1.165, 1.54) is 0 Å². The summed E-state index contributed by atoms with van der Waals surface area (Å²) in [7, 11) is 0. The molecule has 0 N–H and O–H groups in total. The van der Waals surface area contributed by atoms with E-state index in [-0.39, 0.29) is 0 Å². The molecule has 242 valence electrons. The predicted octanol–water partition coefficient (Wildman–Crippen LogP) is 12.0. The molecule has 5 aromatic heterocycles. The lowest BCUT2D eigenvalue weighted by molar-refractivity contribution is 0.668. The fraction of sp³-hybridized carbons (Fsp3) is 0. The predicted molar refractivity (Wildman–Crippen MR) is 207 cm³/mol. The normalized spacial score (nSPS) is 12.2. The fourth-order valence-electron chi connectivity index (χ4n) is 7.90. The zero-order chi connectivity index (χ0) is 33.9. The van der Waals surface area contributed by atoms with Gasteiger partial charge in [0.25, 0.3) is 0 Å². The van der Waals surface area contributed by atoms with Crippen LogP contribution >= 0.6 is 0 Å². The molecule has 0 aliphatic rings. The van der Waals surface area contributed by atoms with Gasteiger partial charge in [-0.25, -0.2) is 4.98 Å². The Bertz CT molecular complexity index is 3300. The van der Waals surface area contributed by atoms with Gasteiger partial charge < -0.3 is 13.3 Å². The quantitative estimate of drug-likeness (QED) is 0.186. The highest BCUT2D eigenvalue weighted by molar-refractivity contribution is 6.23. The number of rotatable bonds is 3. The third-order valence-electron chi connectivity index (χ3n) is 10.3. The Morgan fingerprint density at radius 2 is 0.865 bits per heavy atom. The van der Waals surface area contributed by atoms with Gasteiger partial charge in [0.2, 0.25) is 5.95 Å². The van der Waals surface area contributed by atoms with Crippen LogP contribution in [0.15, 0.2) is 159 Å². The molecule has 0 radical (unpaired) electrons. The number of hydrogen-bond donors (Lipinski definition) is 0. The van der Waals surface area contributed by atoms with Crippen molar-refractivity contribution >= 4 is 87.6 Å². The van der Waals surface area contributed by atoms with Crippen molar-refractivity contribution in [3.63, 3.8) is 0 Å². The Morgan fingerprint density at radius 1 is 0.365 bits per heavy atom. The molecule has 5 heterocycles. The molecule has 7 aromatic carbocycles. The molecule has 0 atom stereocenters. The molecule has 0 unspecified atom stereocenters. The van der Waals surface area contributed by atoms with Crippen LogP contribution in [0, 0.1) is 0 Å². The topological polar surface area (TPSA) is 83.0 Å². The lowest BCUT2D eigenvalue weighted by Crippen LogP contribution is -2.06. The van der Waals surface area contributed by atoms with E-state index in [0.29, 0.717) is 17.6 Å². The Hall–Kier alpha value is -7.25. The van der Waals surface area contributed by atoms with E-state index in [0.717, 1.165) is 98.7 Å². The van der Waals surface area contributed by atoms with Crippen LogP contribution in [0.25, 0.3) is 116 Å². The molecule has 0 aliphatic carbocycles. The first-order valence-electron chi connectivity index (χ1n) is 17.2. The summed E-state index contributed by atoms with van der Waals surface area (Å²) in [6.45, 7) is 0. The van der Waals surface area contributed by atoms with Crippen LogP contribution < -0.4 is 0 Å². The maximum absolute atomic E-state index is 6.56. The van der Waals surface area contributed by atoms with Gasteiger partial charge in [-0.05, 0) is 72.8 Å². The van der Waals surface area contributed by atoms with Gasteiger partial charge in [0, 0.05) is 48.8 Å². The minimum Gasteiger partial charge on any atom is -0.456 e. The van der Waals surface area contributed by atoms with Crippen LogP contribution in [0.1, 0.15) is 0 Å². The SMILES string of the molecule is c1ccc2c(c1)oc1ccc(-c3nc(-c4ccc5oc6ccccc6c5c4)nc(-n4c5ccccc5c5c6oc7ccccc7c6ccc54)n3)cc12. The maximum Gasteiger partial charge on any atom is 0.238 e. The Morgan fingerprint density at radius 3 is 1.48 bits per heavy atom. The summed E-state index contributed by atoms with van der Waals surface area (Å²) in [5.41, 5.74) is 8.66. The van der Waals surface area contributed by atoms with E-state index < -0.39 is 0 Å². The molecule has 7 nitrogen and oxygen atoms in total. The number of aromatic nitrogens is 4. The standard InChI is InChI=1S/C45H24N4O3/c1-5-13-34-31(12-1)41-35(20-19-30-27-9-2-8-16-38(27)52-42(30)41)49(34)45-47-43(25-17-21-39-32(23-25)28-10-3-6-14-36(28)50-39)46-44(48-45)26-18-22-40-33(24-26)29-11-4-7-15-37(29)51-40/h1-24H. The van der Waals surface area contributed by atoms with E-state index in [1.54, 1.807) is 0 Å². The zero-order valence-electron chi connectivity index (χ0n) is 27.4. The summed E-state index contributed by atoms with van der Waals surface area (Å²) >= 11 is 0. The van der Waals surface area contributed by atoms with Gasteiger partial charge in [-0.1, -0.05) is 72.8 Å². The number of benzene rings is 7. The molecule has 0 saturated carbocycles. The van der Waals surface area contributed by atoms with Crippen molar-refractivity contribution in [2.75, 3.05) is 0 Å². The Kier molecular flexibility index (Phi) is 5.38. The minimum atomic E-state index is 0.510. The molecular formula is C45H24N4O3. The van der Waals surface area contributed by atoms with Crippen molar-refractivity contribution in [3.05, 3.63) is 146 Å². The fourth-order valence-corrected chi connectivity index (χ4v) is 7.90. The van der Waals surface area contributed by atoms with Crippen LogP contribution in [0.4, 0.5) is 0 Å². The zero-order valence-corrected chi connectivity index (χ0v) is 27.4.